The van der Waals surface area contributed by atoms with Crippen molar-refractivity contribution in [3.05, 3.63) is 109 Å². The topological polar surface area (TPSA) is 12.0 Å². The van der Waals surface area contributed by atoms with Gasteiger partial charge in [-0.25, -0.2) is 0 Å². The van der Waals surface area contributed by atoms with Crippen LogP contribution in [0.25, 0.3) is 22.3 Å². The molecule has 4 rings (SSSR count). The monoisotopic (exact) mass is 377 g/mol. The van der Waals surface area contributed by atoms with E-state index >= 15 is 0 Å². The summed E-state index contributed by atoms with van der Waals surface area (Å²) in [6.45, 7) is 2.24. The molecule has 1 N–H and O–H groups in total. The summed E-state index contributed by atoms with van der Waals surface area (Å²) < 4.78 is 0. The first-order valence-electron chi connectivity index (χ1n) is 10.4. The molecule has 0 heterocycles. The summed E-state index contributed by atoms with van der Waals surface area (Å²) in [4.78, 5) is 0. The number of unbranched alkanes of at least 4 members (excludes halogenated alkanes) is 1. The summed E-state index contributed by atoms with van der Waals surface area (Å²) in [5.41, 5.74) is 8.51. The number of anilines is 2. The van der Waals surface area contributed by atoms with Crippen molar-refractivity contribution in [2.45, 2.75) is 26.2 Å². The van der Waals surface area contributed by atoms with Crippen LogP contribution in [0.3, 0.4) is 0 Å². The van der Waals surface area contributed by atoms with Crippen molar-refractivity contribution in [2.75, 3.05) is 5.32 Å². The Labute approximate surface area is 174 Å². The predicted octanol–water partition coefficient (Wildman–Crippen LogP) is 8.11. The highest BCUT2D eigenvalue weighted by molar-refractivity contribution is 5.79. The second-order valence-corrected chi connectivity index (χ2v) is 7.46. The molecule has 0 aliphatic carbocycles. The molecule has 0 aliphatic heterocycles. The molecule has 144 valence electrons. The van der Waals surface area contributed by atoms with Crippen molar-refractivity contribution >= 4 is 11.4 Å². The van der Waals surface area contributed by atoms with Crippen molar-refractivity contribution in [3.8, 4) is 22.3 Å². The Kier molecular flexibility index (Phi) is 6.07. The van der Waals surface area contributed by atoms with Gasteiger partial charge < -0.3 is 5.32 Å². The Hall–Kier alpha value is -3.32. The molecule has 0 amide bonds. The highest BCUT2D eigenvalue weighted by Crippen LogP contribution is 2.31. The first-order chi connectivity index (χ1) is 14.3. The second kappa shape index (κ2) is 9.25. The summed E-state index contributed by atoms with van der Waals surface area (Å²) in [5.74, 6) is 0. The fourth-order valence-electron chi connectivity index (χ4n) is 3.60. The molecule has 29 heavy (non-hydrogen) atoms. The van der Waals surface area contributed by atoms with Gasteiger partial charge in [0.1, 0.15) is 0 Å². The molecule has 0 saturated heterocycles. The number of benzene rings is 4. The summed E-state index contributed by atoms with van der Waals surface area (Å²) >= 11 is 0. The van der Waals surface area contributed by atoms with Gasteiger partial charge >= 0.3 is 0 Å². The SMILES string of the molecule is CCCCc1ccc(Nc2cc(-c3ccccc3)cc(-c3ccccc3)c2)cc1. The van der Waals surface area contributed by atoms with E-state index in [0.717, 1.165) is 17.8 Å². The Morgan fingerprint density at radius 1 is 0.552 bits per heavy atom. The zero-order valence-corrected chi connectivity index (χ0v) is 16.9. The maximum atomic E-state index is 3.61. The summed E-state index contributed by atoms with van der Waals surface area (Å²) in [6.07, 6.45) is 3.62. The molecule has 0 atom stereocenters. The molecule has 0 saturated carbocycles. The minimum absolute atomic E-state index is 1.10. The lowest BCUT2D eigenvalue weighted by Crippen LogP contribution is -1.93. The highest BCUT2D eigenvalue weighted by Gasteiger charge is 2.06. The van der Waals surface area contributed by atoms with Gasteiger partial charge in [0.2, 0.25) is 0 Å². The highest BCUT2D eigenvalue weighted by atomic mass is 14.9. The summed E-state index contributed by atoms with van der Waals surface area (Å²) in [6, 6.07) is 36.7. The molecule has 0 fully saturated rings. The van der Waals surface area contributed by atoms with Crippen molar-refractivity contribution in [2.24, 2.45) is 0 Å². The van der Waals surface area contributed by atoms with Crippen LogP contribution in [-0.4, -0.2) is 0 Å². The third-order valence-corrected chi connectivity index (χ3v) is 5.21. The molecule has 1 nitrogen and oxygen atoms in total. The smallest absolute Gasteiger partial charge is 0.0396 e. The summed E-state index contributed by atoms with van der Waals surface area (Å²) in [7, 11) is 0. The summed E-state index contributed by atoms with van der Waals surface area (Å²) in [5, 5.41) is 3.61. The minimum Gasteiger partial charge on any atom is -0.355 e. The van der Waals surface area contributed by atoms with Crippen LogP contribution in [0.1, 0.15) is 25.3 Å². The van der Waals surface area contributed by atoms with Gasteiger partial charge in [-0.1, -0.05) is 86.1 Å². The zero-order chi connectivity index (χ0) is 19.9. The Balaban J connectivity index is 1.67. The molecule has 4 aromatic carbocycles. The number of aryl methyl sites for hydroxylation is 1. The van der Waals surface area contributed by atoms with Gasteiger partial charge in [-0.2, -0.15) is 0 Å². The Bertz CT molecular complexity index is 977. The normalized spacial score (nSPS) is 10.7. The third-order valence-electron chi connectivity index (χ3n) is 5.21. The maximum absolute atomic E-state index is 3.61. The second-order valence-electron chi connectivity index (χ2n) is 7.46. The molecule has 0 spiro atoms. The average molecular weight is 378 g/mol. The van der Waals surface area contributed by atoms with E-state index in [4.69, 9.17) is 0 Å². The lowest BCUT2D eigenvalue weighted by atomic mass is 9.98. The maximum Gasteiger partial charge on any atom is 0.0396 e. The van der Waals surface area contributed by atoms with Crippen LogP contribution in [0.5, 0.6) is 0 Å². The van der Waals surface area contributed by atoms with Gasteiger partial charge in [0.05, 0.1) is 0 Å². The average Bonchev–Trinajstić information content (AvgIpc) is 2.79. The van der Waals surface area contributed by atoms with Crippen LogP contribution >= 0.6 is 0 Å². The quantitative estimate of drug-likeness (QED) is 0.343. The molecule has 0 unspecified atom stereocenters. The molecular formula is C28H27N. The molecule has 1 heteroatoms. The number of rotatable bonds is 7. The van der Waals surface area contributed by atoms with Crippen molar-refractivity contribution in [1.29, 1.82) is 0 Å². The van der Waals surface area contributed by atoms with E-state index in [2.05, 4.69) is 115 Å². The molecular weight excluding hydrogens is 350 g/mol. The minimum atomic E-state index is 1.10. The lowest BCUT2D eigenvalue weighted by molar-refractivity contribution is 0.795. The largest absolute Gasteiger partial charge is 0.355 e. The molecule has 0 radical (unpaired) electrons. The van der Waals surface area contributed by atoms with Crippen LogP contribution in [0.4, 0.5) is 11.4 Å². The van der Waals surface area contributed by atoms with Crippen molar-refractivity contribution in [1.82, 2.24) is 0 Å². The van der Waals surface area contributed by atoms with E-state index < -0.39 is 0 Å². The molecule has 0 aliphatic rings. The van der Waals surface area contributed by atoms with Crippen LogP contribution in [0, 0.1) is 0 Å². The van der Waals surface area contributed by atoms with Gasteiger partial charge in [0.25, 0.3) is 0 Å². The van der Waals surface area contributed by atoms with E-state index in [1.54, 1.807) is 0 Å². The van der Waals surface area contributed by atoms with Gasteiger partial charge in [-0.15, -0.1) is 0 Å². The fourth-order valence-corrected chi connectivity index (χ4v) is 3.60. The lowest BCUT2D eigenvalue weighted by Gasteiger charge is -2.13. The number of hydrogen-bond acceptors (Lipinski definition) is 1. The van der Waals surface area contributed by atoms with Crippen molar-refractivity contribution in [3.63, 3.8) is 0 Å². The van der Waals surface area contributed by atoms with Crippen molar-refractivity contribution < 1.29 is 0 Å². The van der Waals surface area contributed by atoms with Crippen LogP contribution in [0.15, 0.2) is 103 Å². The van der Waals surface area contributed by atoms with Gasteiger partial charge in [-0.3, -0.25) is 0 Å². The first-order valence-corrected chi connectivity index (χ1v) is 10.4. The zero-order valence-electron chi connectivity index (χ0n) is 16.9. The van der Waals surface area contributed by atoms with E-state index in [9.17, 15) is 0 Å². The Morgan fingerprint density at radius 2 is 1.10 bits per heavy atom. The van der Waals surface area contributed by atoms with Crippen LogP contribution in [0.2, 0.25) is 0 Å². The van der Waals surface area contributed by atoms with E-state index in [1.165, 1.54) is 40.7 Å². The third kappa shape index (κ3) is 4.94. The van der Waals surface area contributed by atoms with E-state index in [1.807, 2.05) is 0 Å². The molecule has 0 aromatic heterocycles. The van der Waals surface area contributed by atoms with E-state index in [-0.39, 0.29) is 0 Å². The predicted molar refractivity (Wildman–Crippen MR) is 126 cm³/mol. The molecule has 0 bridgehead atoms. The van der Waals surface area contributed by atoms with Gasteiger partial charge in [0, 0.05) is 11.4 Å². The van der Waals surface area contributed by atoms with E-state index in [0.29, 0.717) is 0 Å². The number of nitrogens with one attached hydrogen (secondary N) is 1. The number of hydrogen-bond donors (Lipinski definition) is 1. The first kappa shape index (κ1) is 19.0. The molecule has 4 aromatic rings. The van der Waals surface area contributed by atoms with Gasteiger partial charge in [-0.05, 0) is 71.0 Å². The Morgan fingerprint density at radius 3 is 1.62 bits per heavy atom. The van der Waals surface area contributed by atoms with Gasteiger partial charge in [0.15, 0.2) is 0 Å². The fraction of sp³-hybridized carbons (Fsp3) is 0.143. The van der Waals surface area contributed by atoms with Crippen LogP contribution < -0.4 is 5.32 Å². The van der Waals surface area contributed by atoms with Crippen LogP contribution in [-0.2, 0) is 6.42 Å². The standard InChI is InChI=1S/C28H27N/c1-2-3-10-22-15-17-27(18-16-22)29-28-20-25(23-11-6-4-7-12-23)19-26(21-28)24-13-8-5-9-14-24/h4-9,11-21,29H,2-3,10H2,1H3.